The first-order valence-corrected chi connectivity index (χ1v) is 7.98. The Kier molecular flexibility index (Phi) is 6.53. The molecule has 0 spiro atoms. The van der Waals surface area contributed by atoms with Crippen molar-refractivity contribution in [3.8, 4) is 11.5 Å². The molecule has 4 nitrogen and oxygen atoms in total. The fourth-order valence-corrected chi connectivity index (χ4v) is 2.53. The second kappa shape index (κ2) is 8.62. The van der Waals surface area contributed by atoms with E-state index in [9.17, 15) is 4.79 Å². The molecule has 24 heavy (non-hydrogen) atoms. The van der Waals surface area contributed by atoms with Crippen molar-refractivity contribution in [2.45, 2.75) is 6.92 Å². The number of rotatable bonds is 6. The maximum absolute atomic E-state index is 12.1. The van der Waals surface area contributed by atoms with Crippen molar-refractivity contribution in [2.24, 2.45) is 0 Å². The number of carbonyl (C=O) groups excluding carboxylic acids is 1. The second-order valence-electron chi connectivity index (χ2n) is 4.84. The lowest BCUT2D eigenvalue weighted by Gasteiger charge is -2.12. The van der Waals surface area contributed by atoms with E-state index >= 15 is 0 Å². The highest BCUT2D eigenvalue weighted by Crippen LogP contribution is 2.30. The van der Waals surface area contributed by atoms with Crippen molar-refractivity contribution in [2.75, 3.05) is 19.0 Å². The van der Waals surface area contributed by atoms with Gasteiger partial charge in [0.1, 0.15) is 0 Å². The van der Waals surface area contributed by atoms with Gasteiger partial charge in [0.05, 0.1) is 22.8 Å². The van der Waals surface area contributed by atoms with Crippen LogP contribution in [0.1, 0.15) is 12.5 Å². The van der Waals surface area contributed by atoms with Gasteiger partial charge in [0.25, 0.3) is 5.91 Å². The molecule has 0 unspecified atom stereocenters. The summed E-state index contributed by atoms with van der Waals surface area (Å²) in [4.78, 5) is 12.1. The Labute approximate surface area is 151 Å². The summed E-state index contributed by atoms with van der Waals surface area (Å²) in [6.45, 7) is 1.74. The molecule has 0 atom stereocenters. The minimum Gasteiger partial charge on any atom is -0.493 e. The standard InChI is InChI=1S/C18H17Cl2NO3/c1-3-5-12-8-9-15(16(10-12)23-2)24-11-17(22)21-18-13(19)6-4-7-14(18)20/h3-10H,11H2,1-2H3,(H,21,22)/b5-3+. The maximum atomic E-state index is 12.1. The van der Waals surface area contributed by atoms with E-state index in [1.165, 1.54) is 0 Å². The summed E-state index contributed by atoms with van der Waals surface area (Å²) in [5.74, 6) is 0.657. The van der Waals surface area contributed by atoms with Gasteiger partial charge in [-0.1, -0.05) is 47.5 Å². The van der Waals surface area contributed by atoms with Crippen molar-refractivity contribution in [3.05, 3.63) is 58.1 Å². The molecule has 0 fully saturated rings. The largest absolute Gasteiger partial charge is 0.493 e. The first-order valence-electron chi connectivity index (χ1n) is 7.22. The number of halogens is 2. The first-order chi connectivity index (χ1) is 11.5. The summed E-state index contributed by atoms with van der Waals surface area (Å²) >= 11 is 12.0. The summed E-state index contributed by atoms with van der Waals surface area (Å²) < 4.78 is 10.8. The average molecular weight is 366 g/mol. The molecule has 0 aliphatic carbocycles. The zero-order valence-electron chi connectivity index (χ0n) is 13.3. The summed E-state index contributed by atoms with van der Waals surface area (Å²) in [5.41, 5.74) is 1.35. The van der Waals surface area contributed by atoms with E-state index in [1.54, 1.807) is 31.4 Å². The predicted molar refractivity (Wildman–Crippen MR) is 98.3 cm³/mol. The number of carbonyl (C=O) groups is 1. The second-order valence-corrected chi connectivity index (χ2v) is 5.66. The van der Waals surface area contributed by atoms with Crippen LogP contribution in [0.3, 0.4) is 0 Å². The molecule has 0 heterocycles. The lowest BCUT2D eigenvalue weighted by Crippen LogP contribution is -2.20. The molecule has 0 bridgehead atoms. The van der Waals surface area contributed by atoms with Crippen LogP contribution in [-0.2, 0) is 4.79 Å². The molecule has 2 aromatic rings. The van der Waals surface area contributed by atoms with Gasteiger partial charge in [0.15, 0.2) is 18.1 Å². The van der Waals surface area contributed by atoms with Gasteiger partial charge >= 0.3 is 0 Å². The van der Waals surface area contributed by atoms with Gasteiger partial charge < -0.3 is 14.8 Å². The highest BCUT2D eigenvalue weighted by atomic mass is 35.5. The van der Waals surface area contributed by atoms with E-state index in [0.717, 1.165) is 5.56 Å². The van der Waals surface area contributed by atoms with Crippen LogP contribution in [0.15, 0.2) is 42.5 Å². The quantitative estimate of drug-likeness (QED) is 0.778. The van der Waals surface area contributed by atoms with E-state index < -0.39 is 0 Å². The highest BCUT2D eigenvalue weighted by molar-refractivity contribution is 6.39. The average Bonchev–Trinajstić information content (AvgIpc) is 2.57. The van der Waals surface area contributed by atoms with E-state index in [0.29, 0.717) is 27.2 Å². The van der Waals surface area contributed by atoms with Crippen molar-refractivity contribution >= 4 is 40.9 Å². The Hall–Kier alpha value is -2.17. The molecule has 0 saturated carbocycles. The monoisotopic (exact) mass is 365 g/mol. The summed E-state index contributed by atoms with van der Waals surface area (Å²) in [6, 6.07) is 10.5. The van der Waals surface area contributed by atoms with Gasteiger partial charge in [-0.3, -0.25) is 4.79 Å². The van der Waals surface area contributed by atoms with E-state index in [1.807, 2.05) is 31.2 Å². The van der Waals surface area contributed by atoms with E-state index in [4.69, 9.17) is 32.7 Å². The lowest BCUT2D eigenvalue weighted by atomic mass is 10.2. The zero-order chi connectivity index (χ0) is 17.5. The molecule has 6 heteroatoms. The van der Waals surface area contributed by atoms with Gasteiger partial charge in [-0.15, -0.1) is 0 Å². The number of anilines is 1. The Morgan fingerprint density at radius 1 is 1.17 bits per heavy atom. The van der Waals surface area contributed by atoms with Gasteiger partial charge in [0.2, 0.25) is 0 Å². The normalized spacial score (nSPS) is 10.7. The van der Waals surface area contributed by atoms with Gasteiger partial charge in [-0.25, -0.2) is 0 Å². The van der Waals surface area contributed by atoms with Crippen molar-refractivity contribution in [1.82, 2.24) is 0 Å². The van der Waals surface area contributed by atoms with Crippen LogP contribution in [0.25, 0.3) is 6.08 Å². The van der Waals surface area contributed by atoms with Crippen molar-refractivity contribution < 1.29 is 14.3 Å². The Bertz CT molecular complexity index is 740. The number of allylic oxidation sites excluding steroid dienone is 1. The van der Waals surface area contributed by atoms with Crippen LogP contribution in [0.5, 0.6) is 11.5 Å². The molecule has 0 aliphatic rings. The molecule has 2 rings (SSSR count). The smallest absolute Gasteiger partial charge is 0.262 e. The minimum atomic E-state index is -0.371. The summed E-state index contributed by atoms with van der Waals surface area (Å²) in [6.07, 6.45) is 3.87. The summed E-state index contributed by atoms with van der Waals surface area (Å²) in [5, 5.41) is 3.37. The van der Waals surface area contributed by atoms with E-state index in [-0.39, 0.29) is 12.5 Å². The highest BCUT2D eigenvalue weighted by Gasteiger charge is 2.12. The number of methoxy groups -OCH3 is 1. The Morgan fingerprint density at radius 2 is 1.88 bits per heavy atom. The molecule has 0 aliphatic heterocycles. The number of nitrogens with one attached hydrogen (secondary N) is 1. The minimum absolute atomic E-state index is 0.194. The number of para-hydroxylation sites is 1. The zero-order valence-corrected chi connectivity index (χ0v) is 14.8. The fourth-order valence-electron chi connectivity index (χ4n) is 2.04. The molecule has 1 N–H and O–H groups in total. The van der Waals surface area contributed by atoms with Crippen LogP contribution in [0, 0.1) is 0 Å². The van der Waals surface area contributed by atoms with Crippen LogP contribution < -0.4 is 14.8 Å². The summed E-state index contributed by atoms with van der Waals surface area (Å²) in [7, 11) is 1.55. The third-order valence-corrected chi connectivity index (χ3v) is 3.76. The fraction of sp³-hybridized carbons (Fsp3) is 0.167. The number of hydrogen-bond donors (Lipinski definition) is 1. The molecule has 0 saturated heterocycles. The predicted octanol–water partition coefficient (Wildman–Crippen LogP) is 5.05. The molecular weight excluding hydrogens is 349 g/mol. The van der Waals surface area contributed by atoms with Crippen molar-refractivity contribution in [1.29, 1.82) is 0 Å². The number of hydrogen-bond acceptors (Lipinski definition) is 3. The van der Waals surface area contributed by atoms with Crippen LogP contribution >= 0.6 is 23.2 Å². The third-order valence-electron chi connectivity index (χ3n) is 3.13. The molecular formula is C18H17Cl2NO3. The van der Waals surface area contributed by atoms with Crippen LogP contribution in [-0.4, -0.2) is 19.6 Å². The lowest BCUT2D eigenvalue weighted by molar-refractivity contribution is -0.118. The molecule has 1 amide bonds. The maximum Gasteiger partial charge on any atom is 0.262 e. The number of ether oxygens (including phenoxy) is 2. The SMILES string of the molecule is C/C=C/c1ccc(OCC(=O)Nc2c(Cl)cccc2Cl)c(OC)c1. The topological polar surface area (TPSA) is 47.6 Å². The van der Waals surface area contributed by atoms with Crippen molar-refractivity contribution in [3.63, 3.8) is 0 Å². The third kappa shape index (κ3) is 4.66. The molecule has 0 aromatic heterocycles. The van der Waals surface area contributed by atoms with Crippen LogP contribution in [0.2, 0.25) is 10.0 Å². The Balaban J connectivity index is 2.04. The number of amides is 1. The van der Waals surface area contributed by atoms with Crippen LogP contribution in [0.4, 0.5) is 5.69 Å². The van der Waals surface area contributed by atoms with Gasteiger partial charge in [0, 0.05) is 0 Å². The van der Waals surface area contributed by atoms with E-state index in [2.05, 4.69) is 5.32 Å². The van der Waals surface area contributed by atoms with Gasteiger partial charge in [-0.2, -0.15) is 0 Å². The Morgan fingerprint density at radius 3 is 2.50 bits per heavy atom. The number of benzene rings is 2. The molecule has 2 aromatic carbocycles. The van der Waals surface area contributed by atoms with Gasteiger partial charge in [-0.05, 0) is 36.8 Å². The molecule has 126 valence electrons. The first kappa shape index (κ1) is 18.2. The molecule has 0 radical (unpaired) electrons.